The van der Waals surface area contributed by atoms with Gasteiger partial charge in [-0.15, -0.1) is 0 Å². The minimum Gasteiger partial charge on any atom is -0.261 e. The molecule has 0 aromatic rings. The lowest BCUT2D eigenvalue weighted by Crippen LogP contribution is -2.08. The van der Waals surface area contributed by atoms with E-state index in [1.807, 2.05) is 13.0 Å². The summed E-state index contributed by atoms with van der Waals surface area (Å²) in [6, 6.07) is 0. The van der Waals surface area contributed by atoms with Crippen LogP contribution in [0.3, 0.4) is 0 Å². The fourth-order valence-corrected chi connectivity index (χ4v) is 1.23. The number of allylic oxidation sites excluding steroid dienone is 4. The van der Waals surface area contributed by atoms with Crippen LogP contribution in [0.2, 0.25) is 0 Å². The zero-order chi connectivity index (χ0) is 10.5. The minimum absolute atomic E-state index is 0.102. The van der Waals surface area contributed by atoms with Crippen LogP contribution in [-0.2, 0) is 0 Å². The van der Waals surface area contributed by atoms with E-state index in [1.165, 1.54) is 5.57 Å². The highest BCUT2D eigenvalue weighted by Gasteiger charge is 2.16. The molecule has 0 aliphatic carbocycles. The zero-order valence-electron chi connectivity index (χ0n) is 9.09. The molecule has 0 spiro atoms. The molecule has 0 radical (unpaired) electrons. The summed E-state index contributed by atoms with van der Waals surface area (Å²) < 4.78 is 0. The average molecular weight is 177 g/mol. The van der Waals surface area contributed by atoms with Gasteiger partial charge in [-0.25, -0.2) is 0 Å². The van der Waals surface area contributed by atoms with Gasteiger partial charge in [0, 0.05) is 11.9 Å². The molecule has 0 bridgehead atoms. The topological polar surface area (TPSA) is 12.4 Å². The summed E-state index contributed by atoms with van der Waals surface area (Å²) in [6.45, 7) is 15.8. The first kappa shape index (κ1) is 11.9. The maximum atomic E-state index is 4.25. The summed E-state index contributed by atoms with van der Waals surface area (Å²) in [5.74, 6) is 0. The van der Waals surface area contributed by atoms with E-state index >= 15 is 0 Å². The Kier molecular flexibility index (Phi) is 4.39. The highest BCUT2D eigenvalue weighted by molar-refractivity contribution is 5.71. The third-order valence-electron chi connectivity index (χ3n) is 1.78. The summed E-state index contributed by atoms with van der Waals surface area (Å²) in [4.78, 5) is 4.25. The van der Waals surface area contributed by atoms with E-state index in [0.717, 1.165) is 5.70 Å². The molecular formula is C12H19N. The first-order valence-corrected chi connectivity index (χ1v) is 4.42. The molecule has 0 amide bonds. The fraction of sp³-hybridized carbons (Fsp3) is 0.417. The van der Waals surface area contributed by atoms with Crippen LogP contribution in [0.5, 0.6) is 0 Å². The minimum atomic E-state index is 0.102. The predicted molar refractivity (Wildman–Crippen MR) is 61.0 cm³/mol. The third kappa shape index (κ3) is 3.88. The molecule has 0 aromatic carbocycles. The Bertz CT molecular complexity index is 249. The summed E-state index contributed by atoms with van der Waals surface area (Å²) in [5, 5.41) is 0. The van der Waals surface area contributed by atoms with E-state index in [0.29, 0.717) is 0 Å². The number of hydrogen-bond donors (Lipinski definition) is 0. The monoisotopic (exact) mass is 177 g/mol. The molecule has 0 aliphatic rings. The second-order valence-corrected chi connectivity index (χ2v) is 3.97. The van der Waals surface area contributed by atoms with Gasteiger partial charge < -0.3 is 0 Å². The van der Waals surface area contributed by atoms with Gasteiger partial charge in [-0.3, -0.25) is 4.99 Å². The van der Waals surface area contributed by atoms with Crippen molar-refractivity contribution in [3.8, 4) is 0 Å². The number of rotatable bonds is 3. The number of hydrogen-bond acceptors (Lipinski definition) is 1. The molecule has 0 heterocycles. The number of aliphatic imine (C=N–C) groups is 1. The Morgan fingerprint density at radius 1 is 1.23 bits per heavy atom. The van der Waals surface area contributed by atoms with Crippen molar-refractivity contribution < 1.29 is 0 Å². The van der Waals surface area contributed by atoms with Crippen LogP contribution in [-0.4, -0.2) is 6.21 Å². The summed E-state index contributed by atoms with van der Waals surface area (Å²) in [7, 11) is 0. The maximum Gasteiger partial charge on any atom is 0.0409 e. The van der Waals surface area contributed by atoms with Gasteiger partial charge >= 0.3 is 0 Å². The standard InChI is InChI=1S/C12H19N/c1-7-9-13-10(3)11(8-2)12(4,5)6/h7-9H,1-2H2,3-6H3/b11-10+,13-9-. The summed E-state index contributed by atoms with van der Waals surface area (Å²) >= 11 is 0. The van der Waals surface area contributed by atoms with Crippen LogP contribution in [0.1, 0.15) is 27.7 Å². The second-order valence-electron chi connectivity index (χ2n) is 3.97. The summed E-state index contributed by atoms with van der Waals surface area (Å²) in [5.41, 5.74) is 2.28. The molecule has 0 aromatic heterocycles. The Balaban J connectivity index is 5.01. The molecule has 1 heteroatoms. The van der Waals surface area contributed by atoms with Gasteiger partial charge in [0.25, 0.3) is 0 Å². The van der Waals surface area contributed by atoms with E-state index in [-0.39, 0.29) is 5.41 Å². The van der Waals surface area contributed by atoms with Crippen LogP contribution in [0, 0.1) is 5.41 Å². The van der Waals surface area contributed by atoms with E-state index in [1.54, 1.807) is 12.3 Å². The Morgan fingerprint density at radius 2 is 1.77 bits per heavy atom. The molecule has 0 saturated heterocycles. The van der Waals surface area contributed by atoms with Crippen LogP contribution >= 0.6 is 0 Å². The predicted octanol–water partition coefficient (Wildman–Crippen LogP) is 3.75. The van der Waals surface area contributed by atoms with Crippen molar-refractivity contribution >= 4 is 6.21 Å². The normalized spacial score (nSPS) is 14.2. The zero-order valence-corrected chi connectivity index (χ0v) is 9.09. The second kappa shape index (κ2) is 4.80. The molecule has 0 N–H and O–H groups in total. The Hall–Kier alpha value is -1.11. The van der Waals surface area contributed by atoms with E-state index in [9.17, 15) is 0 Å². The van der Waals surface area contributed by atoms with Gasteiger partial charge in [0.1, 0.15) is 0 Å². The van der Waals surface area contributed by atoms with E-state index in [2.05, 4.69) is 38.9 Å². The third-order valence-corrected chi connectivity index (χ3v) is 1.78. The van der Waals surface area contributed by atoms with Crippen molar-refractivity contribution in [3.63, 3.8) is 0 Å². The lowest BCUT2D eigenvalue weighted by molar-refractivity contribution is 0.511. The largest absolute Gasteiger partial charge is 0.261 e. The first-order chi connectivity index (χ1) is 5.93. The van der Waals surface area contributed by atoms with Crippen molar-refractivity contribution in [1.82, 2.24) is 0 Å². The SMILES string of the molecule is C=C/C=N\C(C)=C(/C=C)C(C)(C)C. The van der Waals surface area contributed by atoms with Crippen LogP contribution < -0.4 is 0 Å². The lowest BCUT2D eigenvalue weighted by Gasteiger charge is -2.21. The smallest absolute Gasteiger partial charge is 0.0409 e. The molecule has 0 aliphatic heterocycles. The van der Waals surface area contributed by atoms with Gasteiger partial charge in [0.2, 0.25) is 0 Å². The highest BCUT2D eigenvalue weighted by atomic mass is 14.7. The van der Waals surface area contributed by atoms with Crippen molar-refractivity contribution in [2.45, 2.75) is 27.7 Å². The maximum absolute atomic E-state index is 4.25. The van der Waals surface area contributed by atoms with Crippen molar-refractivity contribution in [3.05, 3.63) is 36.6 Å². The quantitative estimate of drug-likeness (QED) is 0.460. The molecular weight excluding hydrogens is 158 g/mol. The fourth-order valence-electron chi connectivity index (χ4n) is 1.23. The summed E-state index contributed by atoms with van der Waals surface area (Å²) in [6.07, 6.45) is 5.24. The Labute approximate surface area is 81.6 Å². The van der Waals surface area contributed by atoms with Gasteiger partial charge in [-0.2, -0.15) is 0 Å². The molecule has 0 fully saturated rings. The van der Waals surface area contributed by atoms with E-state index in [4.69, 9.17) is 0 Å². The van der Waals surface area contributed by atoms with Crippen molar-refractivity contribution in [2.24, 2.45) is 10.4 Å². The average Bonchev–Trinajstić information content (AvgIpc) is 1.99. The molecule has 0 unspecified atom stereocenters. The molecule has 0 rings (SSSR count). The van der Waals surface area contributed by atoms with Crippen molar-refractivity contribution in [2.75, 3.05) is 0 Å². The highest BCUT2D eigenvalue weighted by Crippen LogP contribution is 2.28. The van der Waals surface area contributed by atoms with Crippen LogP contribution in [0.15, 0.2) is 41.6 Å². The molecule has 13 heavy (non-hydrogen) atoms. The lowest BCUT2D eigenvalue weighted by atomic mass is 9.85. The van der Waals surface area contributed by atoms with Gasteiger partial charge in [0.05, 0.1) is 0 Å². The molecule has 1 nitrogen and oxygen atoms in total. The molecule has 72 valence electrons. The van der Waals surface area contributed by atoms with Gasteiger partial charge in [-0.1, -0.05) is 46.1 Å². The first-order valence-electron chi connectivity index (χ1n) is 4.42. The Morgan fingerprint density at radius 3 is 2.08 bits per heavy atom. The van der Waals surface area contributed by atoms with Crippen LogP contribution in [0.25, 0.3) is 0 Å². The van der Waals surface area contributed by atoms with Gasteiger partial charge in [0.15, 0.2) is 0 Å². The molecule has 0 saturated carbocycles. The number of nitrogens with zero attached hydrogens (tertiary/aromatic N) is 1. The van der Waals surface area contributed by atoms with Gasteiger partial charge in [-0.05, 0) is 17.9 Å². The van der Waals surface area contributed by atoms with E-state index < -0.39 is 0 Å². The molecule has 0 atom stereocenters. The van der Waals surface area contributed by atoms with Crippen LogP contribution in [0.4, 0.5) is 0 Å². The van der Waals surface area contributed by atoms with Crippen molar-refractivity contribution in [1.29, 1.82) is 0 Å².